The molecule has 2 aromatic rings. The molecule has 2 atom stereocenters. The van der Waals surface area contributed by atoms with Gasteiger partial charge in [-0.3, -0.25) is 9.59 Å². The van der Waals surface area contributed by atoms with Crippen molar-refractivity contribution in [2.45, 2.75) is 51.1 Å². The van der Waals surface area contributed by atoms with E-state index in [0.717, 1.165) is 37.9 Å². The van der Waals surface area contributed by atoms with Crippen LogP contribution in [-0.4, -0.2) is 46.3 Å². The molecule has 28 heavy (non-hydrogen) atoms. The fourth-order valence-corrected chi connectivity index (χ4v) is 3.91. The van der Waals surface area contributed by atoms with Crippen molar-refractivity contribution in [3.8, 4) is 5.75 Å². The number of benzene rings is 1. The molecule has 0 saturated heterocycles. The van der Waals surface area contributed by atoms with E-state index in [0.29, 0.717) is 17.5 Å². The molecule has 2 amide bonds. The highest BCUT2D eigenvalue weighted by Crippen LogP contribution is 2.30. The number of ether oxygens (including phenoxy) is 1. The van der Waals surface area contributed by atoms with Crippen LogP contribution in [0.1, 0.15) is 55.1 Å². The topological polar surface area (TPSA) is 89.3 Å². The summed E-state index contributed by atoms with van der Waals surface area (Å²) >= 11 is 0. The SMILES string of the molecule is CCC[C@H]1CCCc2nc(C(=O)N[C@H]3COc4ccccc4N(C)C3=O)nn21. The zero-order valence-electron chi connectivity index (χ0n) is 16.2. The number of likely N-dealkylation sites (N-methyl/N-ethyl adjacent to an activating group) is 1. The molecular weight excluding hydrogens is 358 g/mol. The Balaban J connectivity index is 1.51. The van der Waals surface area contributed by atoms with Gasteiger partial charge in [-0.1, -0.05) is 25.5 Å². The second-order valence-electron chi connectivity index (χ2n) is 7.33. The van der Waals surface area contributed by atoms with Crippen molar-refractivity contribution in [1.29, 1.82) is 0 Å². The van der Waals surface area contributed by atoms with Gasteiger partial charge in [-0.2, -0.15) is 0 Å². The van der Waals surface area contributed by atoms with E-state index >= 15 is 0 Å². The van der Waals surface area contributed by atoms with Gasteiger partial charge in [0.1, 0.15) is 24.2 Å². The lowest BCUT2D eigenvalue weighted by molar-refractivity contribution is -0.120. The molecule has 1 N–H and O–H groups in total. The van der Waals surface area contributed by atoms with Crippen molar-refractivity contribution in [2.75, 3.05) is 18.6 Å². The molecule has 1 aromatic carbocycles. The van der Waals surface area contributed by atoms with Crippen LogP contribution in [0.15, 0.2) is 24.3 Å². The van der Waals surface area contributed by atoms with Crippen molar-refractivity contribution in [3.05, 3.63) is 35.9 Å². The van der Waals surface area contributed by atoms with E-state index in [1.54, 1.807) is 7.05 Å². The number of amides is 2. The van der Waals surface area contributed by atoms with Gasteiger partial charge in [0, 0.05) is 13.5 Å². The van der Waals surface area contributed by atoms with E-state index in [2.05, 4.69) is 22.3 Å². The summed E-state index contributed by atoms with van der Waals surface area (Å²) in [7, 11) is 1.68. The largest absolute Gasteiger partial charge is 0.489 e. The van der Waals surface area contributed by atoms with Crippen LogP contribution >= 0.6 is 0 Å². The number of fused-ring (bicyclic) bond motifs is 2. The summed E-state index contributed by atoms with van der Waals surface area (Å²) in [5.74, 6) is 0.913. The maximum atomic E-state index is 12.8. The molecule has 8 heteroatoms. The van der Waals surface area contributed by atoms with Crippen molar-refractivity contribution >= 4 is 17.5 Å². The summed E-state index contributed by atoms with van der Waals surface area (Å²) in [5.41, 5.74) is 0.683. The molecule has 1 aromatic heterocycles. The van der Waals surface area contributed by atoms with Crippen LogP contribution in [0.5, 0.6) is 5.75 Å². The number of carbonyl (C=O) groups is 2. The first kappa shape index (κ1) is 18.5. The third-order valence-corrected chi connectivity index (χ3v) is 5.38. The normalized spacial score (nSPS) is 21.4. The van der Waals surface area contributed by atoms with Gasteiger partial charge in [0.05, 0.1) is 11.7 Å². The summed E-state index contributed by atoms with van der Waals surface area (Å²) in [6.07, 6.45) is 5.03. The first-order valence-electron chi connectivity index (χ1n) is 9.84. The van der Waals surface area contributed by atoms with Crippen LogP contribution in [-0.2, 0) is 11.2 Å². The Bertz CT molecular complexity index is 894. The first-order chi connectivity index (χ1) is 13.6. The van der Waals surface area contributed by atoms with Gasteiger partial charge in [0.2, 0.25) is 5.82 Å². The standard InChI is InChI=1S/C20H25N5O3/c1-3-7-13-8-6-11-17-22-18(23-25(13)17)19(26)21-14-12-28-16-10-5-4-9-15(16)24(2)20(14)27/h4-5,9-10,13-14H,3,6-8,11-12H2,1-2H3,(H,21,26)/t13-,14-/m0/s1. The molecule has 0 fully saturated rings. The highest BCUT2D eigenvalue weighted by atomic mass is 16.5. The smallest absolute Gasteiger partial charge is 0.291 e. The fourth-order valence-electron chi connectivity index (χ4n) is 3.91. The average Bonchev–Trinajstić information content (AvgIpc) is 3.11. The van der Waals surface area contributed by atoms with E-state index < -0.39 is 11.9 Å². The van der Waals surface area contributed by atoms with Gasteiger partial charge in [-0.05, 0) is 31.4 Å². The lowest BCUT2D eigenvalue weighted by Gasteiger charge is -2.22. The minimum atomic E-state index is -0.795. The Labute approximate surface area is 163 Å². The predicted octanol–water partition coefficient (Wildman–Crippen LogP) is 2.11. The Morgan fingerprint density at radius 1 is 1.36 bits per heavy atom. The van der Waals surface area contributed by atoms with Gasteiger partial charge in [0.15, 0.2) is 0 Å². The number of aryl methyl sites for hydroxylation is 1. The van der Waals surface area contributed by atoms with Gasteiger partial charge < -0.3 is 15.0 Å². The summed E-state index contributed by atoms with van der Waals surface area (Å²) in [5, 5.41) is 7.20. The maximum absolute atomic E-state index is 12.8. The lowest BCUT2D eigenvalue weighted by atomic mass is 10.0. The van der Waals surface area contributed by atoms with Crippen LogP contribution < -0.4 is 15.0 Å². The number of aromatic nitrogens is 3. The van der Waals surface area contributed by atoms with E-state index in [9.17, 15) is 9.59 Å². The van der Waals surface area contributed by atoms with Gasteiger partial charge >= 0.3 is 0 Å². The molecule has 0 spiro atoms. The number of para-hydroxylation sites is 2. The third kappa shape index (κ3) is 3.34. The number of nitrogens with zero attached hydrogens (tertiary/aromatic N) is 4. The molecule has 0 unspecified atom stereocenters. The predicted molar refractivity (Wildman–Crippen MR) is 104 cm³/mol. The van der Waals surface area contributed by atoms with Gasteiger partial charge in [0.25, 0.3) is 11.8 Å². The van der Waals surface area contributed by atoms with Crippen LogP contribution in [0.2, 0.25) is 0 Å². The number of hydrogen-bond donors (Lipinski definition) is 1. The Morgan fingerprint density at radius 2 is 2.18 bits per heavy atom. The van der Waals surface area contributed by atoms with Gasteiger partial charge in [-0.25, -0.2) is 9.67 Å². The average molecular weight is 383 g/mol. The second kappa shape index (κ2) is 7.61. The molecular formula is C20H25N5O3. The number of anilines is 1. The molecule has 8 nitrogen and oxygen atoms in total. The summed E-state index contributed by atoms with van der Waals surface area (Å²) in [4.78, 5) is 31.5. The molecule has 0 saturated carbocycles. The Kier molecular flexibility index (Phi) is 5.02. The Morgan fingerprint density at radius 3 is 3.00 bits per heavy atom. The lowest BCUT2D eigenvalue weighted by Crippen LogP contribution is -2.49. The summed E-state index contributed by atoms with van der Waals surface area (Å²) < 4.78 is 7.64. The summed E-state index contributed by atoms with van der Waals surface area (Å²) in [6, 6.07) is 6.82. The van der Waals surface area contributed by atoms with Gasteiger partial charge in [-0.15, -0.1) is 5.10 Å². The first-order valence-corrected chi connectivity index (χ1v) is 9.84. The van der Waals surface area contributed by atoms with E-state index in [-0.39, 0.29) is 18.3 Å². The third-order valence-electron chi connectivity index (χ3n) is 5.38. The monoisotopic (exact) mass is 383 g/mol. The van der Waals surface area contributed by atoms with Crippen LogP contribution in [0.4, 0.5) is 5.69 Å². The molecule has 0 bridgehead atoms. The number of rotatable bonds is 4. The van der Waals surface area contributed by atoms with E-state index in [1.807, 2.05) is 28.9 Å². The molecule has 4 rings (SSSR count). The highest BCUT2D eigenvalue weighted by molar-refractivity contribution is 6.02. The number of carbonyl (C=O) groups excluding carboxylic acids is 2. The zero-order valence-corrected chi connectivity index (χ0v) is 16.2. The molecule has 3 heterocycles. The second-order valence-corrected chi connectivity index (χ2v) is 7.33. The molecule has 2 aliphatic rings. The molecule has 0 radical (unpaired) electrons. The Hall–Kier alpha value is -2.90. The van der Waals surface area contributed by atoms with Crippen LogP contribution in [0.3, 0.4) is 0 Å². The maximum Gasteiger partial charge on any atom is 0.291 e. The fraction of sp³-hybridized carbons (Fsp3) is 0.500. The molecule has 0 aliphatic carbocycles. The van der Waals surface area contributed by atoms with Crippen molar-refractivity contribution in [3.63, 3.8) is 0 Å². The quantitative estimate of drug-likeness (QED) is 0.873. The highest BCUT2D eigenvalue weighted by Gasteiger charge is 2.32. The van der Waals surface area contributed by atoms with E-state index in [1.165, 1.54) is 4.90 Å². The minimum absolute atomic E-state index is 0.0674. The van der Waals surface area contributed by atoms with Crippen molar-refractivity contribution < 1.29 is 14.3 Å². The summed E-state index contributed by atoms with van der Waals surface area (Å²) in [6.45, 7) is 2.21. The molecule has 2 aliphatic heterocycles. The zero-order chi connectivity index (χ0) is 19.7. The molecule has 148 valence electrons. The number of nitrogens with one attached hydrogen (secondary N) is 1. The van der Waals surface area contributed by atoms with Crippen LogP contribution in [0, 0.1) is 0 Å². The van der Waals surface area contributed by atoms with Crippen molar-refractivity contribution in [1.82, 2.24) is 20.1 Å². The van der Waals surface area contributed by atoms with E-state index in [4.69, 9.17) is 4.74 Å². The van der Waals surface area contributed by atoms with Crippen LogP contribution in [0.25, 0.3) is 0 Å². The minimum Gasteiger partial charge on any atom is -0.489 e. The number of hydrogen-bond acceptors (Lipinski definition) is 5. The van der Waals surface area contributed by atoms with Crippen molar-refractivity contribution in [2.24, 2.45) is 0 Å².